The highest BCUT2D eigenvalue weighted by atomic mass is 16.5. The normalized spacial score (nSPS) is 33.1. The number of likely N-dealkylation sites (tertiary alicyclic amines) is 1. The Kier molecular flexibility index (Phi) is 5.29. The molecule has 2 aliphatic heterocycles. The van der Waals surface area contributed by atoms with Crippen molar-refractivity contribution in [3.05, 3.63) is 0 Å². The third-order valence-electron chi connectivity index (χ3n) is 5.84. The molecule has 2 heterocycles. The molecular weight excluding hydrogens is 290 g/mol. The molecule has 3 rings (SSSR count). The van der Waals surface area contributed by atoms with E-state index in [1.807, 2.05) is 4.90 Å². The molecule has 1 aliphatic carbocycles. The first-order chi connectivity index (χ1) is 11.0. The standard InChI is InChI=1S/C18H33N3O2/c1-14-11-20(12-15(2)23-14)13-16-5-9-21(10-6-16)17(22)18(19)7-3-4-8-18/h14-16H,3-13,19H2,1-2H3. The van der Waals surface area contributed by atoms with Gasteiger partial charge in [0.15, 0.2) is 0 Å². The van der Waals surface area contributed by atoms with Crippen LogP contribution in [-0.2, 0) is 9.53 Å². The molecule has 0 aromatic carbocycles. The molecule has 3 aliphatic rings. The predicted molar refractivity (Wildman–Crippen MR) is 91.1 cm³/mol. The van der Waals surface area contributed by atoms with Crippen molar-refractivity contribution in [3.8, 4) is 0 Å². The van der Waals surface area contributed by atoms with Crippen molar-refractivity contribution in [1.29, 1.82) is 0 Å². The number of carbonyl (C=O) groups is 1. The predicted octanol–water partition coefficient (Wildman–Crippen LogP) is 1.61. The number of ether oxygens (including phenoxy) is 1. The van der Waals surface area contributed by atoms with E-state index in [2.05, 4.69) is 18.7 Å². The van der Waals surface area contributed by atoms with E-state index in [4.69, 9.17) is 10.5 Å². The van der Waals surface area contributed by atoms with Crippen LogP contribution in [0.5, 0.6) is 0 Å². The van der Waals surface area contributed by atoms with Gasteiger partial charge in [0.25, 0.3) is 0 Å². The Morgan fingerprint density at radius 3 is 2.26 bits per heavy atom. The van der Waals surface area contributed by atoms with Gasteiger partial charge in [-0.1, -0.05) is 12.8 Å². The molecule has 1 saturated carbocycles. The Hall–Kier alpha value is -0.650. The Labute approximate surface area is 140 Å². The number of rotatable bonds is 3. The van der Waals surface area contributed by atoms with Gasteiger partial charge in [-0.15, -0.1) is 0 Å². The monoisotopic (exact) mass is 323 g/mol. The molecule has 5 nitrogen and oxygen atoms in total. The molecular formula is C18H33N3O2. The summed E-state index contributed by atoms with van der Waals surface area (Å²) in [7, 11) is 0. The Morgan fingerprint density at radius 1 is 1.13 bits per heavy atom. The summed E-state index contributed by atoms with van der Waals surface area (Å²) in [5.74, 6) is 0.913. The molecule has 0 aromatic rings. The molecule has 2 unspecified atom stereocenters. The van der Waals surface area contributed by atoms with Gasteiger partial charge in [0.1, 0.15) is 0 Å². The largest absolute Gasteiger partial charge is 0.373 e. The average molecular weight is 323 g/mol. The average Bonchev–Trinajstić information content (AvgIpc) is 2.94. The number of hydrogen-bond donors (Lipinski definition) is 1. The van der Waals surface area contributed by atoms with Crippen LogP contribution in [0.3, 0.4) is 0 Å². The Bertz CT molecular complexity index is 404. The first kappa shape index (κ1) is 17.2. The molecule has 2 N–H and O–H groups in total. The zero-order chi connectivity index (χ0) is 16.4. The summed E-state index contributed by atoms with van der Waals surface area (Å²) in [6.07, 6.45) is 6.84. The zero-order valence-electron chi connectivity index (χ0n) is 14.8. The number of morpholine rings is 1. The summed E-state index contributed by atoms with van der Waals surface area (Å²) in [6.45, 7) is 9.31. The maximum Gasteiger partial charge on any atom is 0.242 e. The lowest BCUT2D eigenvalue weighted by Crippen LogP contribution is -2.56. The number of nitrogens with zero attached hydrogens (tertiary/aromatic N) is 2. The zero-order valence-corrected chi connectivity index (χ0v) is 14.8. The fourth-order valence-electron chi connectivity index (χ4n) is 4.65. The maximum absolute atomic E-state index is 12.7. The van der Waals surface area contributed by atoms with E-state index < -0.39 is 5.54 Å². The van der Waals surface area contributed by atoms with E-state index in [-0.39, 0.29) is 5.91 Å². The van der Waals surface area contributed by atoms with Crippen molar-refractivity contribution in [2.45, 2.75) is 70.1 Å². The number of nitrogens with two attached hydrogens (primary N) is 1. The van der Waals surface area contributed by atoms with E-state index in [0.717, 1.165) is 71.2 Å². The smallest absolute Gasteiger partial charge is 0.242 e. The lowest BCUT2D eigenvalue weighted by molar-refractivity contribution is -0.138. The van der Waals surface area contributed by atoms with Gasteiger partial charge in [0.2, 0.25) is 5.91 Å². The van der Waals surface area contributed by atoms with E-state index >= 15 is 0 Å². The van der Waals surface area contributed by atoms with Gasteiger partial charge in [0, 0.05) is 32.7 Å². The van der Waals surface area contributed by atoms with Gasteiger partial charge < -0.3 is 15.4 Å². The number of hydrogen-bond acceptors (Lipinski definition) is 4. The first-order valence-corrected chi connectivity index (χ1v) is 9.42. The molecule has 1 amide bonds. The molecule has 132 valence electrons. The van der Waals surface area contributed by atoms with E-state index in [9.17, 15) is 4.79 Å². The van der Waals surface area contributed by atoms with Crippen molar-refractivity contribution >= 4 is 5.91 Å². The minimum atomic E-state index is -0.554. The summed E-state index contributed by atoms with van der Waals surface area (Å²) >= 11 is 0. The molecule has 0 spiro atoms. The lowest BCUT2D eigenvalue weighted by Gasteiger charge is -2.40. The van der Waals surface area contributed by atoms with Crippen molar-refractivity contribution in [2.24, 2.45) is 11.7 Å². The summed E-state index contributed by atoms with van der Waals surface area (Å²) in [6, 6.07) is 0. The van der Waals surface area contributed by atoms with Crippen LogP contribution in [0.25, 0.3) is 0 Å². The van der Waals surface area contributed by atoms with Gasteiger partial charge in [-0.25, -0.2) is 0 Å². The Balaban J connectivity index is 1.46. The topological polar surface area (TPSA) is 58.8 Å². The van der Waals surface area contributed by atoms with E-state index in [1.165, 1.54) is 0 Å². The number of piperidine rings is 1. The minimum absolute atomic E-state index is 0.210. The van der Waals surface area contributed by atoms with Gasteiger partial charge in [-0.05, 0) is 45.4 Å². The van der Waals surface area contributed by atoms with Crippen molar-refractivity contribution in [3.63, 3.8) is 0 Å². The molecule has 0 aromatic heterocycles. The molecule has 5 heteroatoms. The molecule has 23 heavy (non-hydrogen) atoms. The van der Waals surface area contributed by atoms with Crippen molar-refractivity contribution in [2.75, 3.05) is 32.7 Å². The number of carbonyl (C=O) groups excluding carboxylic acids is 1. The third kappa shape index (κ3) is 4.06. The Morgan fingerprint density at radius 2 is 1.70 bits per heavy atom. The highest BCUT2D eigenvalue weighted by Crippen LogP contribution is 2.30. The highest BCUT2D eigenvalue weighted by molar-refractivity contribution is 5.86. The number of amides is 1. The maximum atomic E-state index is 12.7. The van der Waals surface area contributed by atoms with E-state index in [0.29, 0.717) is 18.1 Å². The van der Waals surface area contributed by atoms with Crippen LogP contribution in [0.1, 0.15) is 52.4 Å². The van der Waals surface area contributed by atoms with Crippen LogP contribution < -0.4 is 5.73 Å². The van der Waals surface area contributed by atoms with E-state index in [1.54, 1.807) is 0 Å². The van der Waals surface area contributed by atoms with Crippen LogP contribution in [-0.4, -0.2) is 66.2 Å². The lowest BCUT2D eigenvalue weighted by atomic mass is 9.92. The second-order valence-corrected chi connectivity index (χ2v) is 8.07. The molecule has 0 radical (unpaired) electrons. The van der Waals surface area contributed by atoms with Crippen LogP contribution in [0, 0.1) is 5.92 Å². The fraction of sp³-hybridized carbons (Fsp3) is 0.944. The van der Waals surface area contributed by atoms with Gasteiger partial charge in [0.05, 0.1) is 17.7 Å². The van der Waals surface area contributed by atoms with Crippen LogP contribution in [0.4, 0.5) is 0 Å². The van der Waals surface area contributed by atoms with Crippen molar-refractivity contribution in [1.82, 2.24) is 9.80 Å². The summed E-state index contributed by atoms with van der Waals surface area (Å²) in [5, 5.41) is 0. The molecule has 0 bridgehead atoms. The van der Waals surface area contributed by atoms with Gasteiger partial charge >= 0.3 is 0 Å². The van der Waals surface area contributed by atoms with Gasteiger partial charge in [-0.2, -0.15) is 0 Å². The SMILES string of the molecule is CC1CN(CC2CCN(C(=O)C3(N)CCCC3)CC2)CC(C)O1. The van der Waals surface area contributed by atoms with Crippen LogP contribution >= 0.6 is 0 Å². The highest BCUT2D eigenvalue weighted by Gasteiger charge is 2.40. The minimum Gasteiger partial charge on any atom is -0.373 e. The summed E-state index contributed by atoms with van der Waals surface area (Å²) in [4.78, 5) is 17.3. The quantitative estimate of drug-likeness (QED) is 0.857. The second-order valence-electron chi connectivity index (χ2n) is 8.07. The summed E-state index contributed by atoms with van der Waals surface area (Å²) in [5.41, 5.74) is 5.78. The summed E-state index contributed by atoms with van der Waals surface area (Å²) < 4.78 is 5.81. The van der Waals surface area contributed by atoms with Gasteiger partial charge in [-0.3, -0.25) is 9.69 Å². The van der Waals surface area contributed by atoms with Crippen molar-refractivity contribution < 1.29 is 9.53 Å². The van der Waals surface area contributed by atoms with Crippen LogP contribution in [0.2, 0.25) is 0 Å². The third-order valence-corrected chi connectivity index (χ3v) is 5.84. The van der Waals surface area contributed by atoms with Crippen LogP contribution in [0.15, 0.2) is 0 Å². The molecule has 2 atom stereocenters. The fourth-order valence-corrected chi connectivity index (χ4v) is 4.65. The first-order valence-electron chi connectivity index (χ1n) is 9.42. The molecule has 2 saturated heterocycles. The second kappa shape index (κ2) is 7.08. The molecule has 3 fully saturated rings.